The van der Waals surface area contributed by atoms with E-state index in [1.165, 1.54) is 0 Å². The van der Waals surface area contributed by atoms with Gasteiger partial charge >= 0.3 is 0 Å². The number of amides is 1. The summed E-state index contributed by atoms with van der Waals surface area (Å²) >= 11 is 0. The van der Waals surface area contributed by atoms with E-state index >= 15 is 0 Å². The third-order valence-corrected chi connectivity index (χ3v) is 4.14. The highest BCUT2D eigenvalue weighted by Gasteiger charge is 2.09. The number of hydrogen-bond acceptors (Lipinski definition) is 3. The minimum Gasteiger partial charge on any atom is -0.350 e. The molecule has 1 unspecified atom stereocenters. The number of nitrogens with two attached hydrogens (primary N) is 1. The Morgan fingerprint density at radius 1 is 1.04 bits per heavy atom. The lowest BCUT2D eigenvalue weighted by molar-refractivity contribution is -0.121. The average molecular weight is 398 g/mol. The van der Waals surface area contributed by atoms with Gasteiger partial charge in [-0.25, -0.2) is 0 Å². The van der Waals surface area contributed by atoms with Gasteiger partial charge in [0.15, 0.2) is 0 Å². The fourth-order valence-electron chi connectivity index (χ4n) is 2.68. The summed E-state index contributed by atoms with van der Waals surface area (Å²) in [5, 5.41) is 3.07. The van der Waals surface area contributed by atoms with Gasteiger partial charge in [0.05, 0.1) is 6.04 Å². The molecule has 0 radical (unpaired) electrons. The molecule has 0 bridgehead atoms. The number of nitrogens with zero attached hydrogens (tertiary/aromatic N) is 1. The zero-order valence-corrected chi connectivity index (χ0v) is 16.8. The molecule has 0 spiro atoms. The molecule has 144 valence electrons. The molecule has 6 heteroatoms. The average Bonchev–Trinajstić information content (AvgIpc) is 2.62. The first-order valence-electron chi connectivity index (χ1n) is 8.70. The number of carbonyl (C=O) groups excluding carboxylic acids is 1. The smallest absolute Gasteiger partial charge is 0.220 e. The van der Waals surface area contributed by atoms with Crippen LogP contribution in [0, 0.1) is 0 Å². The first kappa shape index (κ1) is 24.4. The number of pyridine rings is 1. The van der Waals surface area contributed by atoms with Crippen molar-refractivity contribution in [3.05, 3.63) is 54.4 Å². The summed E-state index contributed by atoms with van der Waals surface area (Å²) in [5.41, 5.74) is 8.80. The Morgan fingerprint density at radius 2 is 1.73 bits per heavy atom. The van der Waals surface area contributed by atoms with Crippen molar-refractivity contribution in [3.63, 3.8) is 0 Å². The van der Waals surface area contributed by atoms with Gasteiger partial charge in [-0.1, -0.05) is 43.2 Å². The molecule has 0 saturated carbocycles. The van der Waals surface area contributed by atoms with Crippen molar-refractivity contribution in [2.24, 2.45) is 5.73 Å². The van der Waals surface area contributed by atoms with Crippen LogP contribution in [-0.4, -0.2) is 17.4 Å². The molecule has 3 N–H and O–H groups in total. The van der Waals surface area contributed by atoms with Crippen LogP contribution in [-0.2, 0) is 4.79 Å². The van der Waals surface area contributed by atoms with Crippen molar-refractivity contribution < 1.29 is 4.79 Å². The minimum atomic E-state index is 0. The van der Waals surface area contributed by atoms with Crippen molar-refractivity contribution in [3.8, 4) is 11.1 Å². The molecular formula is C20H29Cl2N3O. The SMILES string of the molecule is CC(NC(=O)CCCCCCN)c1ccc(-c2cccnc2)cc1.Cl.Cl. The summed E-state index contributed by atoms with van der Waals surface area (Å²) in [6.45, 7) is 2.75. The van der Waals surface area contributed by atoms with Gasteiger partial charge in [0, 0.05) is 18.8 Å². The van der Waals surface area contributed by atoms with E-state index in [9.17, 15) is 4.79 Å². The lowest BCUT2D eigenvalue weighted by atomic mass is 10.0. The highest BCUT2D eigenvalue weighted by atomic mass is 35.5. The Bertz CT molecular complexity index is 621. The first-order valence-corrected chi connectivity index (χ1v) is 8.70. The van der Waals surface area contributed by atoms with Crippen LogP contribution >= 0.6 is 24.8 Å². The molecule has 1 aromatic heterocycles. The maximum absolute atomic E-state index is 12.0. The Morgan fingerprint density at radius 3 is 2.35 bits per heavy atom. The topological polar surface area (TPSA) is 68.0 Å². The number of aromatic nitrogens is 1. The molecule has 2 rings (SSSR count). The lowest BCUT2D eigenvalue weighted by Crippen LogP contribution is -2.26. The summed E-state index contributed by atoms with van der Waals surface area (Å²) in [4.78, 5) is 16.1. The van der Waals surface area contributed by atoms with Crippen molar-refractivity contribution in [2.45, 2.75) is 45.1 Å². The Kier molecular flexibility index (Phi) is 12.7. The molecule has 0 aliphatic carbocycles. The molecule has 0 aliphatic rings. The molecule has 1 aromatic carbocycles. The quantitative estimate of drug-likeness (QED) is 0.603. The van der Waals surface area contributed by atoms with Crippen LogP contribution in [0.4, 0.5) is 0 Å². The van der Waals surface area contributed by atoms with E-state index in [0.717, 1.165) is 48.9 Å². The summed E-state index contributed by atoms with van der Waals surface area (Å²) < 4.78 is 0. The number of benzene rings is 1. The molecule has 0 fully saturated rings. The molecular weight excluding hydrogens is 369 g/mol. The maximum Gasteiger partial charge on any atom is 0.220 e. The fraction of sp³-hybridized carbons (Fsp3) is 0.400. The van der Waals surface area contributed by atoms with E-state index < -0.39 is 0 Å². The van der Waals surface area contributed by atoms with E-state index in [1.807, 2.05) is 25.3 Å². The van der Waals surface area contributed by atoms with Crippen LogP contribution in [0.2, 0.25) is 0 Å². The highest BCUT2D eigenvalue weighted by Crippen LogP contribution is 2.21. The van der Waals surface area contributed by atoms with Gasteiger partial charge in [0.1, 0.15) is 0 Å². The van der Waals surface area contributed by atoms with E-state index in [2.05, 4.69) is 34.6 Å². The molecule has 26 heavy (non-hydrogen) atoms. The molecule has 0 aliphatic heterocycles. The van der Waals surface area contributed by atoms with Crippen LogP contribution < -0.4 is 11.1 Å². The van der Waals surface area contributed by atoms with Crippen LogP contribution in [0.3, 0.4) is 0 Å². The first-order chi connectivity index (χ1) is 11.7. The van der Waals surface area contributed by atoms with Gasteiger partial charge in [-0.3, -0.25) is 9.78 Å². The maximum atomic E-state index is 12.0. The standard InChI is InChI=1S/C20H27N3O.2ClH/c1-16(23-20(24)8-4-2-3-5-13-21)17-9-11-18(12-10-17)19-7-6-14-22-15-19;;/h6-7,9-12,14-16H,2-5,8,13,21H2,1H3,(H,23,24);2*1H. The van der Waals surface area contributed by atoms with Crippen molar-refractivity contribution >= 4 is 30.7 Å². The summed E-state index contributed by atoms with van der Waals surface area (Å²) in [5.74, 6) is 0.117. The van der Waals surface area contributed by atoms with E-state index in [1.54, 1.807) is 6.20 Å². The van der Waals surface area contributed by atoms with Crippen LogP contribution in [0.25, 0.3) is 11.1 Å². The second-order valence-corrected chi connectivity index (χ2v) is 6.11. The second kappa shape index (κ2) is 13.6. The molecule has 1 atom stereocenters. The Hall–Kier alpha value is -1.62. The molecule has 1 amide bonds. The zero-order chi connectivity index (χ0) is 17.2. The van der Waals surface area contributed by atoms with Crippen LogP contribution in [0.5, 0.6) is 0 Å². The second-order valence-electron chi connectivity index (χ2n) is 6.11. The third kappa shape index (κ3) is 8.17. The van der Waals surface area contributed by atoms with Gasteiger partial charge in [-0.05, 0) is 49.1 Å². The number of nitrogens with one attached hydrogen (secondary N) is 1. The van der Waals surface area contributed by atoms with E-state index in [4.69, 9.17) is 5.73 Å². The van der Waals surface area contributed by atoms with Crippen molar-refractivity contribution in [1.29, 1.82) is 0 Å². The van der Waals surface area contributed by atoms with Crippen molar-refractivity contribution in [1.82, 2.24) is 10.3 Å². The van der Waals surface area contributed by atoms with Gasteiger partial charge in [-0.15, -0.1) is 24.8 Å². The number of hydrogen-bond donors (Lipinski definition) is 2. The predicted molar refractivity (Wildman–Crippen MR) is 113 cm³/mol. The fourth-order valence-corrected chi connectivity index (χ4v) is 2.68. The number of rotatable bonds is 9. The normalized spacial score (nSPS) is 11.0. The highest BCUT2D eigenvalue weighted by molar-refractivity contribution is 5.85. The van der Waals surface area contributed by atoms with E-state index in [-0.39, 0.29) is 36.8 Å². The number of halogens is 2. The van der Waals surface area contributed by atoms with Gasteiger partial charge in [-0.2, -0.15) is 0 Å². The van der Waals surface area contributed by atoms with Gasteiger partial charge in [0.2, 0.25) is 5.91 Å². The van der Waals surface area contributed by atoms with E-state index in [0.29, 0.717) is 6.42 Å². The number of unbranched alkanes of at least 4 members (excludes halogenated alkanes) is 3. The monoisotopic (exact) mass is 397 g/mol. The van der Waals surface area contributed by atoms with Crippen LogP contribution in [0.15, 0.2) is 48.8 Å². The van der Waals surface area contributed by atoms with Gasteiger partial charge in [0.25, 0.3) is 0 Å². The Labute approximate surface area is 168 Å². The molecule has 4 nitrogen and oxygen atoms in total. The Balaban J connectivity index is 0.00000312. The molecule has 2 aromatic rings. The lowest BCUT2D eigenvalue weighted by Gasteiger charge is -2.15. The summed E-state index contributed by atoms with van der Waals surface area (Å²) in [7, 11) is 0. The molecule has 0 saturated heterocycles. The van der Waals surface area contributed by atoms with Crippen LogP contribution in [0.1, 0.15) is 50.6 Å². The molecule has 1 heterocycles. The van der Waals surface area contributed by atoms with Gasteiger partial charge < -0.3 is 11.1 Å². The summed E-state index contributed by atoms with van der Waals surface area (Å²) in [6.07, 6.45) is 8.35. The minimum absolute atomic E-state index is 0. The zero-order valence-electron chi connectivity index (χ0n) is 15.2. The summed E-state index contributed by atoms with van der Waals surface area (Å²) in [6, 6.07) is 12.3. The van der Waals surface area contributed by atoms with Crippen molar-refractivity contribution in [2.75, 3.05) is 6.54 Å². The number of carbonyl (C=O) groups is 1. The predicted octanol–water partition coefficient (Wildman–Crippen LogP) is 4.68. The third-order valence-electron chi connectivity index (χ3n) is 4.14. The largest absolute Gasteiger partial charge is 0.350 e.